The van der Waals surface area contributed by atoms with E-state index < -0.39 is 26.0 Å². The molecule has 0 aromatic carbocycles. The molecule has 0 amide bonds. The molecule has 1 saturated carbocycles. The first-order chi connectivity index (χ1) is 19.4. The van der Waals surface area contributed by atoms with Gasteiger partial charge in [-0.05, 0) is 30.9 Å². The van der Waals surface area contributed by atoms with Gasteiger partial charge in [0.15, 0.2) is 5.82 Å². The van der Waals surface area contributed by atoms with Crippen molar-refractivity contribution in [3.8, 4) is 11.4 Å². The highest BCUT2D eigenvalue weighted by Gasteiger charge is 2.39. The third-order valence-corrected chi connectivity index (χ3v) is 10.4. The van der Waals surface area contributed by atoms with E-state index in [4.69, 9.17) is 10.7 Å². The largest absolute Gasteiger partial charge is 0.354 e. The molecule has 1 saturated heterocycles. The molecule has 4 aromatic rings. The number of aromatic nitrogens is 6. The van der Waals surface area contributed by atoms with Crippen LogP contribution in [0, 0.1) is 5.92 Å². The molecule has 2 fully saturated rings. The lowest BCUT2D eigenvalue weighted by molar-refractivity contribution is 0.327. The van der Waals surface area contributed by atoms with Crippen LogP contribution < -0.4 is 16.0 Å². The normalized spacial score (nSPS) is 19.5. The first kappa shape index (κ1) is 27.5. The number of pyridine rings is 2. The van der Waals surface area contributed by atoms with Gasteiger partial charge >= 0.3 is 0 Å². The molecule has 3 N–H and O–H groups in total. The Bertz CT molecular complexity index is 1850. The van der Waals surface area contributed by atoms with Crippen molar-refractivity contribution in [3.63, 3.8) is 0 Å². The van der Waals surface area contributed by atoms with Crippen molar-refractivity contribution in [2.75, 3.05) is 28.8 Å². The zero-order valence-corrected chi connectivity index (χ0v) is 24.5. The van der Waals surface area contributed by atoms with Crippen LogP contribution in [0.15, 0.2) is 43.1 Å². The third kappa shape index (κ3) is 5.36. The number of fused-ring (bicyclic) bond motifs is 1. The maximum absolute atomic E-state index is 12.5. The number of sulfone groups is 1. The van der Waals surface area contributed by atoms with Crippen LogP contribution in [0.5, 0.6) is 0 Å². The van der Waals surface area contributed by atoms with Crippen LogP contribution in [0.25, 0.3) is 22.2 Å². The van der Waals surface area contributed by atoms with E-state index in [1.165, 1.54) is 18.6 Å². The van der Waals surface area contributed by atoms with E-state index in [0.717, 1.165) is 26.2 Å². The van der Waals surface area contributed by atoms with E-state index in [2.05, 4.69) is 39.2 Å². The summed E-state index contributed by atoms with van der Waals surface area (Å²) < 4.78 is 49.6. The fourth-order valence-electron chi connectivity index (χ4n) is 5.07. The Labute approximate surface area is 238 Å². The van der Waals surface area contributed by atoms with Gasteiger partial charge in [-0.2, -0.15) is 9.19 Å². The highest BCUT2D eigenvalue weighted by atomic mass is 32.2. The van der Waals surface area contributed by atoms with E-state index in [1.54, 1.807) is 24.7 Å². The second kappa shape index (κ2) is 9.99. The summed E-state index contributed by atoms with van der Waals surface area (Å²) in [4.78, 5) is 20.1. The van der Waals surface area contributed by atoms with Crippen LogP contribution in [0.2, 0.25) is 0 Å². The predicted molar refractivity (Wildman–Crippen MR) is 156 cm³/mol. The SMILES string of the molecule is CC(C)c1ncc(N2C[C@H](CS(C)(=O)=O)[C@H]2N)c2cnc(Nc3ccnc(-c4cnn(S(=O)(=O)C5CC5)c4)n3)cc12. The van der Waals surface area contributed by atoms with Crippen molar-refractivity contribution in [2.45, 2.75) is 44.0 Å². The summed E-state index contributed by atoms with van der Waals surface area (Å²) in [5.74, 6) is 1.38. The zero-order valence-electron chi connectivity index (χ0n) is 22.8. The van der Waals surface area contributed by atoms with Gasteiger partial charge in [0.1, 0.15) is 21.5 Å². The molecule has 4 aromatic heterocycles. The van der Waals surface area contributed by atoms with Crippen molar-refractivity contribution in [1.82, 2.24) is 29.1 Å². The van der Waals surface area contributed by atoms with Gasteiger partial charge < -0.3 is 16.0 Å². The third-order valence-electron chi connectivity index (χ3n) is 7.37. The van der Waals surface area contributed by atoms with Crippen molar-refractivity contribution < 1.29 is 16.8 Å². The molecule has 0 spiro atoms. The standard InChI is InChI=1S/C26H31N9O4S2/c1-15(2)24-19-8-23(29-10-20(19)21(11-30-24)34-12-17(25(34)27)14-40(3,36)37)32-22-6-7-28-26(33-22)16-9-31-35(13-16)41(38,39)18-4-5-18/h6-11,13,15,17-18,25H,4-5,12,14,27H2,1-3H3,(H,28,29,32,33)/t17-,25+/m1/s1. The maximum atomic E-state index is 12.5. The fraction of sp³-hybridized carbons (Fsp3) is 0.423. The molecule has 6 rings (SSSR count). The van der Waals surface area contributed by atoms with Gasteiger partial charge in [0, 0.05) is 41.9 Å². The lowest BCUT2D eigenvalue weighted by Crippen LogP contribution is -2.63. The number of hydrogen-bond donors (Lipinski definition) is 2. The fourth-order valence-corrected chi connectivity index (χ4v) is 7.63. The zero-order chi connectivity index (χ0) is 29.1. The highest BCUT2D eigenvalue weighted by Crippen LogP contribution is 2.37. The Morgan fingerprint density at radius 1 is 1.05 bits per heavy atom. The van der Waals surface area contributed by atoms with E-state index in [1.807, 2.05) is 11.0 Å². The van der Waals surface area contributed by atoms with Gasteiger partial charge in [0.05, 0.1) is 52.7 Å². The molecule has 216 valence electrons. The summed E-state index contributed by atoms with van der Waals surface area (Å²) in [7, 11) is -6.62. The number of nitrogens with two attached hydrogens (primary N) is 1. The maximum Gasteiger partial charge on any atom is 0.256 e. The molecule has 2 atom stereocenters. The quantitative estimate of drug-likeness (QED) is 0.288. The van der Waals surface area contributed by atoms with Crippen LogP contribution in [0.1, 0.15) is 38.3 Å². The summed E-state index contributed by atoms with van der Waals surface area (Å²) in [6.07, 6.45) is 10.1. The minimum Gasteiger partial charge on any atom is -0.354 e. The number of anilines is 3. The Hall–Kier alpha value is -3.69. The second-order valence-electron chi connectivity index (χ2n) is 11.0. The van der Waals surface area contributed by atoms with E-state index >= 15 is 0 Å². The molecule has 2 aliphatic rings. The topological polar surface area (TPSA) is 179 Å². The molecule has 5 heterocycles. The molecular weight excluding hydrogens is 566 g/mol. The molecule has 13 nitrogen and oxygen atoms in total. The minimum absolute atomic E-state index is 0.0461. The molecule has 15 heteroatoms. The van der Waals surface area contributed by atoms with Crippen molar-refractivity contribution in [1.29, 1.82) is 0 Å². The van der Waals surface area contributed by atoms with Crippen LogP contribution in [0.4, 0.5) is 17.3 Å². The average molecular weight is 598 g/mol. The van der Waals surface area contributed by atoms with Crippen LogP contribution in [0.3, 0.4) is 0 Å². The first-order valence-electron chi connectivity index (χ1n) is 13.3. The number of rotatable bonds is 9. The Balaban J connectivity index is 1.28. The molecule has 1 aliphatic heterocycles. The van der Waals surface area contributed by atoms with Crippen molar-refractivity contribution >= 4 is 48.0 Å². The predicted octanol–water partition coefficient (Wildman–Crippen LogP) is 2.26. The highest BCUT2D eigenvalue weighted by molar-refractivity contribution is 7.90. The van der Waals surface area contributed by atoms with E-state index in [-0.39, 0.29) is 22.8 Å². The lowest BCUT2D eigenvalue weighted by Gasteiger charge is -2.47. The van der Waals surface area contributed by atoms with Crippen molar-refractivity contribution in [3.05, 3.63) is 48.8 Å². The summed E-state index contributed by atoms with van der Waals surface area (Å²) >= 11 is 0. The molecule has 0 bridgehead atoms. The summed E-state index contributed by atoms with van der Waals surface area (Å²) in [5, 5.41) is 8.64. The van der Waals surface area contributed by atoms with Gasteiger partial charge in [0.2, 0.25) is 0 Å². The van der Waals surface area contributed by atoms with Crippen molar-refractivity contribution in [2.24, 2.45) is 11.7 Å². The molecular formula is C26H31N9O4S2. The molecule has 41 heavy (non-hydrogen) atoms. The summed E-state index contributed by atoms with van der Waals surface area (Å²) in [6, 6.07) is 3.60. The van der Waals surface area contributed by atoms with Gasteiger partial charge in [-0.15, -0.1) is 0 Å². The van der Waals surface area contributed by atoms with E-state index in [9.17, 15) is 16.8 Å². The van der Waals surface area contributed by atoms with Gasteiger partial charge in [-0.1, -0.05) is 13.8 Å². The first-order valence-corrected chi connectivity index (χ1v) is 16.8. The Morgan fingerprint density at radius 2 is 1.83 bits per heavy atom. The monoisotopic (exact) mass is 597 g/mol. The number of nitrogens with one attached hydrogen (secondary N) is 1. The Morgan fingerprint density at radius 3 is 2.51 bits per heavy atom. The summed E-state index contributed by atoms with van der Waals surface area (Å²) in [6.45, 7) is 4.65. The Kier molecular flexibility index (Phi) is 6.70. The molecule has 1 aliphatic carbocycles. The lowest BCUT2D eigenvalue weighted by atomic mass is 9.95. The average Bonchev–Trinajstić information content (AvgIpc) is 3.66. The smallest absolute Gasteiger partial charge is 0.256 e. The van der Waals surface area contributed by atoms with Gasteiger partial charge in [-0.25, -0.2) is 31.8 Å². The van der Waals surface area contributed by atoms with Crippen LogP contribution >= 0.6 is 0 Å². The number of hydrogen-bond acceptors (Lipinski definition) is 12. The molecule has 0 unspecified atom stereocenters. The van der Waals surface area contributed by atoms with E-state index in [0.29, 0.717) is 42.4 Å². The number of nitrogens with zero attached hydrogens (tertiary/aromatic N) is 7. The second-order valence-corrected chi connectivity index (χ2v) is 15.3. The molecule has 0 radical (unpaired) electrons. The van der Waals surface area contributed by atoms with Crippen LogP contribution in [-0.2, 0) is 19.9 Å². The van der Waals surface area contributed by atoms with Gasteiger partial charge in [-0.3, -0.25) is 4.98 Å². The van der Waals surface area contributed by atoms with Crippen LogP contribution in [-0.4, -0.2) is 75.9 Å². The van der Waals surface area contributed by atoms with Gasteiger partial charge in [0.25, 0.3) is 10.0 Å². The summed E-state index contributed by atoms with van der Waals surface area (Å²) in [5.41, 5.74) is 8.57. The minimum atomic E-state index is -3.49.